The molecule has 0 amide bonds. The van der Waals surface area contributed by atoms with E-state index in [9.17, 15) is 0 Å². The summed E-state index contributed by atoms with van der Waals surface area (Å²) in [5.41, 5.74) is 3.81. The average molecular weight is 327 g/mol. The molecule has 5 heteroatoms. The summed E-state index contributed by atoms with van der Waals surface area (Å²) in [5, 5.41) is 16.5. The van der Waals surface area contributed by atoms with E-state index in [1.54, 1.807) is 12.1 Å². The highest BCUT2D eigenvalue weighted by molar-refractivity contribution is 9.10. The summed E-state index contributed by atoms with van der Waals surface area (Å²) >= 11 is 3.47. The van der Waals surface area contributed by atoms with Crippen LogP contribution in [0.2, 0.25) is 0 Å². The van der Waals surface area contributed by atoms with Gasteiger partial charge in [0.15, 0.2) is 0 Å². The topological polar surface area (TPSA) is 53.1 Å². The van der Waals surface area contributed by atoms with Crippen molar-refractivity contribution < 1.29 is 0 Å². The van der Waals surface area contributed by atoms with E-state index in [0.717, 1.165) is 21.2 Å². The summed E-state index contributed by atoms with van der Waals surface area (Å²) in [6.45, 7) is 0.679. The third kappa shape index (κ3) is 2.38. The summed E-state index contributed by atoms with van der Waals surface area (Å²) < 4.78 is 2.73. The molecule has 2 heterocycles. The van der Waals surface area contributed by atoms with Gasteiger partial charge in [-0.25, -0.2) is 4.52 Å². The van der Waals surface area contributed by atoms with Crippen LogP contribution in [0.15, 0.2) is 53.3 Å². The third-order valence-corrected chi connectivity index (χ3v) is 3.73. The molecule has 1 aromatic carbocycles. The molecule has 0 aliphatic carbocycles. The number of pyridine rings is 1. The zero-order chi connectivity index (χ0) is 13.9. The molecule has 0 aliphatic heterocycles. The van der Waals surface area contributed by atoms with E-state index in [2.05, 4.69) is 32.4 Å². The second-order valence-corrected chi connectivity index (χ2v) is 5.21. The number of benzene rings is 1. The van der Waals surface area contributed by atoms with Gasteiger partial charge in [0.2, 0.25) is 0 Å². The average Bonchev–Trinajstić information content (AvgIpc) is 2.89. The smallest absolute Gasteiger partial charge is 0.0992 e. The van der Waals surface area contributed by atoms with Gasteiger partial charge in [-0.1, -0.05) is 6.07 Å². The SMILES string of the molecule is N#Cc1ccc(NCc2cnn3ccccc23)c(Br)c1. The Morgan fingerprint density at radius 1 is 1.30 bits per heavy atom. The van der Waals surface area contributed by atoms with Gasteiger partial charge in [0.05, 0.1) is 23.3 Å². The van der Waals surface area contributed by atoms with Gasteiger partial charge in [-0.3, -0.25) is 0 Å². The number of halogens is 1. The second-order valence-electron chi connectivity index (χ2n) is 4.36. The molecule has 0 fully saturated rings. The number of fused-ring (bicyclic) bond motifs is 1. The molecule has 20 heavy (non-hydrogen) atoms. The van der Waals surface area contributed by atoms with Crippen LogP contribution in [0.4, 0.5) is 5.69 Å². The summed E-state index contributed by atoms with van der Waals surface area (Å²) in [5.74, 6) is 0. The maximum atomic E-state index is 8.85. The normalized spacial score (nSPS) is 10.4. The van der Waals surface area contributed by atoms with Crippen molar-refractivity contribution in [2.24, 2.45) is 0 Å². The highest BCUT2D eigenvalue weighted by Gasteiger charge is 2.05. The van der Waals surface area contributed by atoms with Crippen LogP contribution >= 0.6 is 15.9 Å². The Hall–Kier alpha value is -2.32. The van der Waals surface area contributed by atoms with E-state index in [1.807, 2.05) is 41.2 Å². The number of hydrogen-bond acceptors (Lipinski definition) is 3. The Kier molecular flexibility index (Phi) is 3.40. The Labute approximate surface area is 124 Å². The van der Waals surface area contributed by atoms with Gasteiger partial charge in [-0.2, -0.15) is 10.4 Å². The van der Waals surface area contributed by atoms with Gasteiger partial charge in [0.25, 0.3) is 0 Å². The molecule has 3 aromatic rings. The summed E-state index contributed by atoms with van der Waals surface area (Å²) in [4.78, 5) is 0. The fourth-order valence-electron chi connectivity index (χ4n) is 2.04. The largest absolute Gasteiger partial charge is 0.380 e. The van der Waals surface area contributed by atoms with Crippen LogP contribution in [0.3, 0.4) is 0 Å². The minimum Gasteiger partial charge on any atom is -0.380 e. The van der Waals surface area contributed by atoms with Crippen molar-refractivity contribution in [3.05, 3.63) is 64.4 Å². The zero-order valence-electron chi connectivity index (χ0n) is 10.5. The quantitative estimate of drug-likeness (QED) is 0.800. The molecular formula is C15H11BrN4. The lowest BCUT2D eigenvalue weighted by Crippen LogP contribution is -2.00. The Morgan fingerprint density at radius 3 is 3.00 bits per heavy atom. The van der Waals surface area contributed by atoms with Crippen LogP contribution in [0.5, 0.6) is 0 Å². The van der Waals surface area contributed by atoms with Crippen LogP contribution in [0, 0.1) is 11.3 Å². The molecule has 0 saturated heterocycles. The van der Waals surface area contributed by atoms with Crippen LogP contribution in [0.1, 0.15) is 11.1 Å². The third-order valence-electron chi connectivity index (χ3n) is 3.07. The van der Waals surface area contributed by atoms with Crippen molar-refractivity contribution in [2.75, 3.05) is 5.32 Å². The fourth-order valence-corrected chi connectivity index (χ4v) is 2.56. The van der Waals surface area contributed by atoms with Crippen molar-refractivity contribution in [3.8, 4) is 6.07 Å². The standard InChI is InChI=1S/C15H11BrN4/c16-13-7-11(8-17)4-5-14(13)18-9-12-10-19-20-6-2-1-3-15(12)20/h1-7,10,18H,9H2. The molecule has 4 nitrogen and oxygen atoms in total. The van der Waals surface area contributed by atoms with E-state index in [-0.39, 0.29) is 0 Å². The van der Waals surface area contributed by atoms with Crippen LogP contribution in [-0.4, -0.2) is 9.61 Å². The number of hydrogen-bond donors (Lipinski definition) is 1. The Balaban J connectivity index is 1.81. The predicted octanol–water partition coefficient (Wildman–Crippen LogP) is 3.58. The van der Waals surface area contributed by atoms with Crippen molar-refractivity contribution in [3.63, 3.8) is 0 Å². The minimum absolute atomic E-state index is 0.637. The molecule has 0 atom stereocenters. The molecular weight excluding hydrogens is 316 g/mol. The number of nitrogens with zero attached hydrogens (tertiary/aromatic N) is 3. The van der Waals surface area contributed by atoms with Crippen molar-refractivity contribution in [1.82, 2.24) is 9.61 Å². The molecule has 0 bridgehead atoms. The fraction of sp³-hybridized carbons (Fsp3) is 0.0667. The minimum atomic E-state index is 0.637. The summed E-state index contributed by atoms with van der Waals surface area (Å²) in [6.07, 6.45) is 3.79. The van der Waals surface area contributed by atoms with Gasteiger partial charge in [0, 0.05) is 28.5 Å². The van der Waals surface area contributed by atoms with E-state index in [4.69, 9.17) is 5.26 Å². The first kappa shape index (κ1) is 12.7. The van der Waals surface area contributed by atoms with E-state index in [1.165, 1.54) is 0 Å². The van der Waals surface area contributed by atoms with E-state index in [0.29, 0.717) is 12.1 Å². The van der Waals surface area contributed by atoms with Gasteiger partial charge < -0.3 is 5.32 Å². The summed E-state index contributed by atoms with van der Waals surface area (Å²) in [7, 11) is 0. The molecule has 1 N–H and O–H groups in total. The van der Waals surface area contributed by atoms with Crippen molar-refractivity contribution in [1.29, 1.82) is 5.26 Å². The molecule has 98 valence electrons. The lowest BCUT2D eigenvalue weighted by atomic mass is 10.2. The first-order valence-electron chi connectivity index (χ1n) is 6.13. The first-order chi connectivity index (χ1) is 9.78. The van der Waals surface area contributed by atoms with Crippen LogP contribution < -0.4 is 5.32 Å². The van der Waals surface area contributed by atoms with E-state index >= 15 is 0 Å². The van der Waals surface area contributed by atoms with E-state index < -0.39 is 0 Å². The molecule has 0 radical (unpaired) electrons. The molecule has 2 aromatic heterocycles. The van der Waals surface area contributed by atoms with Crippen molar-refractivity contribution >= 4 is 27.1 Å². The van der Waals surface area contributed by atoms with Gasteiger partial charge in [-0.15, -0.1) is 0 Å². The lowest BCUT2D eigenvalue weighted by Gasteiger charge is -2.08. The lowest BCUT2D eigenvalue weighted by molar-refractivity contribution is 0.961. The van der Waals surface area contributed by atoms with Gasteiger partial charge in [-0.05, 0) is 46.3 Å². The Bertz CT molecular complexity index is 801. The molecule has 0 unspecified atom stereocenters. The molecule has 3 rings (SSSR count). The summed E-state index contributed by atoms with van der Waals surface area (Å²) in [6, 6.07) is 13.6. The number of rotatable bonds is 3. The second kappa shape index (κ2) is 5.35. The number of nitriles is 1. The van der Waals surface area contributed by atoms with Crippen LogP contribution in [0.25, 0.3) is 5.52 Å². The number of aromatic nitrogens is 2. The maximum Gasteiger partial charge on any atom is 0.0992 e. The van der Waals surface area contributed by atoms with Gasteiger partial charge in [0.1, 0.15) is 0 Å². The monoisotopic (exact) mass is 326 g/mol. The highest BCUT2D eigenvalue weighted by atomic mass is 79.9. The number of nitrogens with one attached hydrogen (secondary N) is 1. The molecule has 0 spiro atoms. The highest BCUT2D eigenvalue weighted by Crippen LogP contribution is 2.24. The maximum absolute atomic E-state index is 8.85. The molecule has 0 saturated carbocycles. The Morgan fingerprint density at radius 2 is 2.20 bits per heavy atom. The predicted molar refractivity (Wildman–Crippen MR) is 81.4 cm³/mol. The van der Waals surface area contributed by atoms with Crippen molar-refractivity contribution in [2.45, 2.75) is 6.54 Å². The number of anilines is 1. The molecule has 0 aliphatic rings. The van der Waals surface area contributed by atoms with Gasteiger partial charge >= 0.3 is 0 Å². The zero-order valence-corrected chi connectivity index (χ0v) is 12.1. The van der Waals surface area contributed by atoms with Crippen LogP contribution in [-0.2, 0) is 6.54 Å². The first-order valence-corrected chi connectivity index (χ1v) is 6.92.